The van der Waals surface area contributed by atoms with Crippen LogP contribution in [0.15, 0.2) is 24.3 Å². The second-order valence-electron chi connectivity index (χ2n) is 5.61. The van der Waals surface area contributed by atoms with Crippen molar-refractivity contribution in [1.29, 1.82) is 0 Å². The maximum Gasteiger partial charge on any atom is 0.124 e. The Hall–Kier alpha value is -1.02. The van der Waals surface area contributed by atoms with E-state index in [9.17, 15) is 0 Å². The van der Waals surface area contributed by atoms with Crippen LogP contribution in [0.5, 0.6) is 5.75 Å². The Bertz CT molecular complexity index is 398. The molecule has 1 aliphatic heterocycles. The number of benzene rings is 1. The van der Waals surface area contributed by atoms with E-state index in [1.165, 1.54) is 31.2 Å². The van der Waals surface area contributed by atoms with E-state index in [1.54, 1.807) is 0 Å². The number of hydrogen-bond acceptors (Lipinski definition) is 2. The van der Waals surface area contributed by atoms with Gasteiger partial charge in [0.1, 0.15) is 5.75 Å². The van der Waals surface area contributed by atoms with Crippen LogP contribution in [0.2, 0.25) is 0 Å². The number of ether oxygens (including phenoxy) is 1. The molecule has 1 aromatic rings. The van der Waals surface area contributed by atoms with Crippen LogP contribution in [0, 0.1) is 5.92 Å². The smallest absolute Gasteiger partial charge is 0.124 e. The average molecular weight is 231 g/mol. The number of nitrogens with two attached hydrogens (primary N) is 1. The summed E-state index contributed by atoms with van der Waals surface area (Å²) in [5, 5.41) is 0. The summed E-state index contributed by atoms with van der Waals surface area (Å²) < 4.78 is 5.70. The van der Waals surface area contributed by atoms with Gasteiger partial charge in [0.05, 0.1) is 6.61 Å². The average Bonchev–Trinajstić information content (AvgIpc) is 2.82. The van der Waals surface area contributed by atoms with Crippen LogP contribution in [0.3, 0.4) is 0 Å². The first-order valence-electron chi connectivity index (χ1n) is 6.79. The van der Waals surface area contributed by atoms with E-state index in [-0.39, 0.29) is 5.54 Å². The van der Waals surface area contributed by atoms with Crippen molar-refractivity contribution in [2.75, 3.05) is 6.61 Å². The van der Waals surface area contributed by atoms with E-state index < -0.39 is 0 Å². The minimum Gasteiger partial charge on any atom is -0.493 e. The van der Waals surface area contributed by atoms with Gasteiger partial charge in [-0.05, 0) is 18.4 Å². The molecule has 1 atom stereocenters. The molecule has 92 valence electrons. The highest BCUT2D eigenvalue weighted by Gasteiger charge is 2.36. The third kappa shape index (κ3) is 2.06. The second-order valence-corrected chi connectivity index (χ2v) is 5.61. The summed E-state index contributed by atoms with van der Waals surface area (Å²) in [6.07, 6.45) is 7.59. The summed E-state index contributed by atoms with van der Waals surface area (Å²) in [6, 6.07) is 8.29. The summed E-state index contributed by atoms with van der Waals surface area (Å²) in [4.78, 5) is 0. The van der Waals surface area contributed by atoms with Gasteiger partial charge in [0, 0.05) is 17.5 Å². The van der Waals surface area contributed by atoms with Crippen LogP contribution in [-0.2, 0) is 5.54 Å². The predicted octanol–water partition coefficient (Wildman–Crippen LogP) is 3.20. The van der Waals surface area contributed by atoms with Crippen LogP contribution in [0.4, 0.5) is 0 Å². The van der Waals surface area contributed by atoms with Crippen molar-refractivity contribution in [3.63, 3.8) is 0 Å². The number of hydrogen-bond donors (Lipinski definition) is 1. The standard InChI is InChI=1S/C15H21NO/c16-15(11-12-5-1-2-6-12)9-10-17-14-8-4-3-7-13(14)15/h3-4,7-8,12H,1-2,5-6,9-11,16H2. The normalized spacial score (nSPS) is 28.8. The molecule has 0 spiro atoms. The zero-order valence-electron chi connectivity index (χ0n) is 10.3. The first-order chi connectivity index (χ1) is 8.28. The van der Waals surface area contributed by atoms with E-state index in [2.05, 4.69) is 12.1 Å². The number of rotatable bonds is 2. The van der Waals surface area contributed by atoms with E-state index in [0.29, 0.717) is 0 Å². The van der Waals surface area contributed by atoms with Crippen molar-refractivity contribution in [2.24, 2.45) is 11.7 Å². The fraction of sp³-hybridized carbons (Fsp3) is 0.600. The van der Waals surface area contributed by atoms with Crippen LogP contribution in [0.25, 0.3) is 0 Å². The fourth-order valence-corrected chi connectivity index (χ4v) is 3.42. The maximum absolute atomic E-state index is 6.67. The Morgan fingerprint density at radius 2 is 2.00 bits per heavy atom. The highest BCUT2D eigenvalue weighted by atomic mass is 16.5. The van der Waals surface area contributed by atoms with Crippen molar-refractivity contribution in [3.05, 3.63) is 29.8 Å². The summed E-state index contributed by atoms with van der Waals surface area (Å²) in [5.74, 6) is 1.82. The van der Waals surface area contributed by atoms with Gasteiger partial charge in [-0.3, -0.25) is 0 Å². The van der Waals surface area contributed by atoms with E-state index in [0.717, 1.165) is 31.1 Å². The first kappa shape index (κ1) is 11.1. The van der Waals surface area contributed by atoms with Crippen LogP contribution >= 0.6 is 0 Å². The van der Waals surface area contributed by atoms with E-state index >= 15 is 0 Å². The van der Waals surface area contributed by atoms with Crippen LogP contribution in [-0.4, -0.2) is 6.61 Å². The lowest BCUT2D eigenvalue weighted by molar-refractivity contribution is 0.190. The summed E-state index contributed by atoms with van der Waals surface area (Å²) in [5.41, 5.74) is 7.74. The molecule has 1 aliphatic carbocycles. The van der Waals surface area contributed by atoms with Gasteiger partial charge in [-0.2, -0.15) is 0 Å². The first-order valence-corrected chi connectivity index (χ1v) is 6.79. The Morgan fingerprint density at radius 1 is 1.24 bits per heavy atom. The highest BCUT2D eigenvalue weighted by Crippen LogP contribution is 2.42. The minimum atomic E-state index is -0.149. The Kier molecular flexibility index (Phi) is 2.83. The quantitative estimate of drug-likeness (QED) is 0.848. The molecule has 0 amide bonds. The molecule has 0 radical (unpaired) electrons. The topological polar surface area (TPSA) is 35.2 Å². The molecule has 1 fully saturated rings. The molecule has 3 rings (SSSR count). The van der Waals surface area contributed by atoms with Crippen molar-refractivity contribution in [3.8, 4) is 5.75 Å². The third-order valence-electron chi connectivity index (χ3n) is 4.36. The largest absolute Gasteiger partial charge is 0.493 e. The van der Waals surface area contributed by atoms with Crippen molar-refractivity contribution >= 4 is 0 Å². The molecule has 0 saturated heterocycles. The lowest BCUT2D eigenvalue weighted by atomic mass is 9.78. The SMILES string of the molecule is NC1(CC2CCCC2)CCOc2ccccc21. The van der Waals surface area contributed by atoms with Gasteiger partial charge < -0.3 is 10.5 Å². The molecule has 0 bridgehead atoms. The summed E-state index contributed by atoms with van der Waals surface area (Å²) in [6.45, 7) is 0.764. The van der Waals surface area contributed by atoms with Gasteiger partial charge in [0.15, 0.2) is 0 Å². The lowest BCUT2D eigenvalue weighted by Gasteiger charge is -2.37. The molecule has 2 N–H and O–H groups in total. The van der Waals surface area contributed by atoms with Gasteiger partial charge in [-0.25, -0.2) is 0 Å². The van der Waals surface area contributed by atoms with E-state index in [1.807, 2.05) is 12.1 Å². The van der Waals surface area contributed by atoms with Gasteiger partial charge in [0.25, 0.3) is 0 Å². The fourth-order valence-electron chi connectivity index (χ4n) is 3.42. The zero-order chi connectivity index (χ0) is 11.7. The Balaban J connectivity index is 1.86. The van der Waals surface area contributed by atoms with Gasteiger partial charge in [-0.1, -0.05) is 43.9 Å². The minimum absolute atomic E-state index is 0.149. The molecule has 0 aromatic heterocycles. The summed E-state index contributed by atoms with van der Waals surface area (Å²) in [7, 11) is 0. The molecule has 2 heteroatoms. The highest BCUT2D eigenvalue weighted by molar-refractivity contribution is 5.40. The number of para-hydroxylation sites is 1. The molecule has 2 nitrogen and oxygen atoms in total. The van der Waals surface area contributed by atoms with Gasteiger partial charge >= 0.3 is 0 Å². The zero-order valence-corrected chi connectivity index (χ0v) is 10.3. The Labute approximate surface area is 103 Å². The molecule has 1 aromatic carbocycles. The monoisotopic (exact) mass is 231 g/mol. The molecular formula is C15H21NO. The van der Waals surface area contributed by atoms with Crippen molar-refractivity contribution < 1.29 is 4.74 Å². The molecule has 1 unspecified atom stereocenters. The number of fused-ring (bicyclic) bond motifs is 1. The summed E-state index contributed by atoms with van der Waals surface area (Å²) >= 11 is 0. The molecule has 1 saturated carbocycles. The van der Waals surface area contributed by atoms with Crippen LogP contribution < -0.4 is 10.5 Å². The molecule has 17 heavy (non-hydrogen) atoms. The molecule has 1 heterocycles. The van der Waals surface area contributed by atoms with Gasteiger partial charge in [0.2, 0.25) is 0 Å². The Morgan fingerprint density at radius 3 is 2.82 bits per heavy atom. The molecule has 2 aliphatic rings. The lowest BCUT2D eigenvalue weighted by Crippen LogP contribution is -2.42. The van der Waals surface area contributed by atoms with Gasteiger partial charge in [-0.15, -0.1) is 0 Å². The maximum atomic E-state index is 6.67. The third-order valence-corrected chi connectivity index (χ3v) is 4.36. The molecular weight excluding hydrogens is 210 g/mol. The van der Waals surface area contributed by atoms with Crippen molar-refractivity contribution in [1.82, 2.24) is 0 Å². The second kappa shape index (κ2) is 4.34. The van der Waals surface area contributed by atoms with Crippen LogP contribution in [0.1, 0.15) is 44.1 Å². The predicted molar refractivity (Wildman–Crippen MR) is 69.0 cm³/mol. The van der Waals surface area contributed by atoms with Crippen molar-refractivity contribution in [2.45, 2.75) is 44.1 Å². The van der Waals surface area contributed by atoms with E-state index in [4.69, 9.17) is 10.5 Å².